The Kier molecular flexibility index (Phi) is 3.34. The highest BCUT2D eigenvalue weighted by atomic mass is 16.2. The molecular weight excluding hydrogens is 234 g/mol. The van der Waals surface area contributed by atoms with E-state index >= 15 is 0 Å². The molecule has 5 unspecified atom stereocenters. The highest BCUT2D eigenvalue weighted by Crippen LogP contribution is 2.42. The SMILES string of the molecule is CC1CCC(C)C2NC(=O)C(c3ccccc3)CC12. The second-order valence-electron chi connectivity index (χ2n) is 6.43. The van der Waals surface area contributed by atoms with Gasteiger partial charge in [0, 0.05) is 6.04 Å². The van der Waals surface area contributed by atoms with E-state index in [1.165, 1.54) is 18.4 Å². The van der Waals surface area contributed by atoms with E-state index in [0.717, 1.165) is 12.3 Å². The van der Waals surface area contributed by atoms with E-state index in [9.17, 15) is 4.79 Å². The van der Waals surface area contributed by atoms with Gasteiger partial charge in [0.2, 0.25) is 5.91 Å². The van der Waals surface area contributed by atoms with Gasteiger partial charge in [-0.3, -0.25) is 4.79 Å². The van der Waals surface area contributed by atoms with Crippen molar-refractivity contribution in [2.75, 3.05) is 0 Å². The van der Waals surface area contributed by atoms with E-state index in [-0.39, 0.29) is 11.8 Å². The molecule has 2 heteroatoms. The van der Waals surface area contributed by atoms with Gasteiger partial charge in [-0.15, -0.1) is 0 Å². The molecule has 5 atom stereocenters. The first-order valence-electron chi connectivity index (χ1n) is 7.52. The first kappa shape index (κ1) is 12.7. The van der Waals surface area contributed by atoms with Crippen molar-refractivity contribution in [1.29, 1.82) is 0 Å². The zero-order valence-electron chi connectivity index (χ0n) is 11.8. The van der Waals surface area contributed by atoms with Crippen molar-refractivity contribution in [2.24, 2.45) is 17.8 Å². The number of rotatable bonds is 1. The molecule has 1 aliphatic carbocycles. The summed E-state index contributed by atoms with van der Waals surface area (Å²) in [6.45, 7) is 4.63. The summed E-state index contributed by atoms with van der Waals surface area (Å²) in [5.74, 6) is 2.28. The summed E-state index contributed by atoms with van der Waals surface area (Å²) in [5, 5.41) is 3.31. The molecular formula is C17H23NO. The van der Waals surface area contributed by atoms with E-state index in [4.69, 9.17) is 0 Å². The van der Waals surface area contributed by atoms with Crippen LogP contribution in [0.3, 0.4) is 0 Å². The molecule has 19 heavy (non-hydrogen) atoms. The minimum atomic E-state index is 0.0511. The van der Waals surface area contributed by atoms with Crippen molar-refractivity contribution in [2.45, 2.75) is 45.1 Å². The number of hydrogen-bond donors (Lipinski definition) is 1. The molecule has 0 bridgehead atoms. The van der Waals surface area contributed by atoms with E-state index < -0.39 is 0 Å². The second kappa shape index (κ2) is 4.99. The third-order valence-corrected chi connectivity index (χ3v) is 5.22. The lowest BCUT2D eigenvalue weighted by Gasteiger charge is -2.46. The second-order valence-corrected chi connectivity index (χ2v) is 6.43. The number of carbonyl (C=O) groups is 1. The van der Waals surface area contributed by atoms with Gasteiger partial charge in [-0.25, -0.2) is 0 Å². The third kappa shape index (κ3) is 2.29. The van der Waals surface area contributed by atoms with Crippen LogP contribution in [0.1, 0.15) is 44.6 Å². The fraction of sp³-hybridized carbons (Fsp3) is 0.588. The Morgan fingerprint density at radius 1 is 1.05 bits per heavy atom. The third-order valence-electron chi connectivity index (χ3n) is 5.22. The average Bonchev–Trinajstić information content (AvgIpc) is 2.44. The molecule has 1 aliphatic heterocycles. The maximum absolute atomic E-state index is 12.4. The Balaban J connectivity index is 1.84. The summed E-state index contributed by atoms with van der Waals surface area (Å²) in [7, 11) is 0. The molecule has 1 saturated carbocycles. The van der Waals surface area contributed by atoms with Crippen LogP contribution in [0.5, 0.6) is 0 Å². The molecule has 2 fully saturated rings. The fourth-order valence-corrected chi connectivity index (χ4v) is 3.94. The Labute approximate surface area is 115 Å². The van der Waals surface area contributed by atoms with Crippen LogP contribution in [-0.2, 0) is 4.79 Å². The van der Waals surface area contributed by atoms with Crippen LogP contribution in [0.25, 0.3) is 0 Å². The van der Waals surface area contributed by atoms with Crippen LogP contribution in [-0.4, -0.2) is 11.9 Å². The molecule has 102 valence electrons. The number of benzene rings is 1. The number of nitrogens with one attached hydrogen (secondary N) is 1. The number of amides is 1. The molecule has 1 aromatic rings. The standard InChI is InChI=1S/C17H23NO/c1-11-8-9-12(2)16-14(11)10-15(17(19)18-16)13-6-4-3-5-7-13/h3-7,11-12,14-16H,8-10H2,1-2H3,(H,18,19). The average molecular weight is 257 g/mol. The molecule has 1 aromatic carbocycles. The maximum atomic E-state index is 12.4. The quantitative estimate of drug-likeness (QED) is 0.821. The van der Waals surface area contributed by atoms with Crippen LogP contribution in [0.2, 0.25) is 0 Å². The molecule has 1 amide bonds. The first-order chi connectivity index (χ1) is 9.16. The van der Waals surface area contributed by atoms with Crippen molar-refractivity contribution in [3.05, 3.63) is 35.9 Å². The van der Waals surface area contributed by atoms with Gasteiger partial charge in [0.15, 0.2) is 0 Å². The van der Waals surface area contributed by atoms with Crippen molar-refractivity contribution in [3.63, 3.8) is 0 Å². The number of carbonyl (C=O) groups excluding carboxylic acids is 1. The van der Waals surface area contributed by atoms with E-state index in [0.29, 0.717) is 17.9 Å². The predicted octanol–water partition coefficient (Wildman–Crippen LogP) is 3.34. The molecule has 1 saturated heterocycles. The minimum Gasteiger partial charge on any atom is -0.352 e. The maximum Gasteiger partial charge on any atom is 0.227 e. The summed E-state index contributed by atoms with van der Waals surface area (Å²) >= 11 is 0. The summed E-state index contributed by atoms with van der Waals surface area (Å²) < 4.78 is 0. The van der Waals surface area contributed by atoms with Gasteiger partial charge in [0.25, 0.3) is 0 Å². The van der Waals surface area contributed by atoms with Gasteiger partial charge in [-0.05, 0) is 36.2 Å². The Hall–Kier alpha value is -1.31. The topological polar surface area (TPSA) is 29.1 Å². The molecule has 2 nitrogen and oxygen atoms in total. The van der Waals surface area contributed by atoms with Crippen LogP contribution in [0, 0.1) is 17.8 Å². The lowest BCUT2D eigenvalue weighted by Crippen LogP contribution is -2.55. The van der Waals surface area contributed by atoms with Gasteiger partial charge >= 0.3 is 0 Å². The van der Waals surface area contributed by atoms with Crippen LogP contribution < -0.4 is 5.32 Å². The van der Waals surface area contributed by atoms with Crippen molar-refractivity contribution < 1.29 is 4.79 Å². The highest BCUT2D eigenvalue weighted by molar-refractivity contribution is 5.84. The summed E-state index contributed by atoms with van der Waals surface area (Å²) in [5.41, 5.74) is 1.17. The summed E-state index contributed by atoms with van der Waals surface area (Å²) in [6.07, 6.45) is 3.57. The number of hydrogen-bond acceptors (Lipinski definition) is 1. The largest absolute Gasteiger partial charge is 0.352 e. The van der Waals surface area contributed by atoms with Gasteiger partial charge in [0.05, 0.1) is 5.92 Å². The van der Waals surface area contributed by atoms with Crippen molar-refractivity contribution >= 4 is 5.91 Å². The van der Waals surface area contributed by atoms with Crippen LogP contribution in [0.15, 0.2) is 30.3 Å². The molecule has 0 aromatic heterocycles. The predicted molar refractivity (Wildman–Crippen MR) is 76.8 cm³/mol. The smallest absolute Gasteiger partial charge is 0.227 e. The van der Waals surface area contributed by atoms with E-state index in [2.05, 4.69) is 31.3 Å². The Bertz CT molecular complexity index is 456. The zero-order chi connectivity index (χ0) is 13.4. The Morgan fingerprint density at radius 2 is 1.74 bits per heavy atom. The number of piperidine rings is 1. The van der Waals surface area contributed by atoms with Crippen LogP contribution in [0.4, 0.5) is 0 Å². The van der Waals surface area contributed by atoms with Gasteiger partial charge in [0.1, 0.15) is 0 Å². The van der Waals surface area contributed by atoms with Crippen LogP contribution >= 0.6 is 0 Å². The van der Waals surface area contributed by atoms with Gasteiger partial charge < -0.3 is 5.32 Å². The summed E-state index contributed by atoms with van der Waals surface area (Å²) in [4.78, 5) is 12.4. The van der Waals surface area contributed by atoms with E-state index in [1.807, 2.05) is 18.2 Å². The zero-order valence-corrected chi connectivity index (χ0v) is 11.8. The fourth-order valence-electron chi connectivity index (χ4n) is 3.94. The van der Waals surface area contributed by atoms with E-state index in [1.54, 1.807) is 0 Å². The van der Waals surface area contributed by atoms with Gasteiger partial charge in [-0.2, -0.15) is 0 Å². The molecule has 3 rings (SSSR count). The Morgan fingerprint density at radius 3 is 2.47 bits per heavy atom. The molecule has 2 aliphatic rings. The van der Waals surface area contributed by atoms with Gasteiger partial charge in [-0.1, -0.05) is 50.6 Å². The summed E-state index contributed by atoms with van der Waals surface area (Å²) in [6, 6.07) is 10.6. The monoisotopic (exact) mass is 257 g/mol. The molecule has 1 N–H and O–H groups in total. The lowest BCUT2D eigenvalue weighted by molar-refractivity contribution is -0.128. The lowest BCUT2D eigenvalue weighted by atomic mass is 9.65. The number of fused-ring (bicyclic) bond motifs is 1. The normalized spacial score (nSPS) is 38.4. The minimum absolute atomic E-state index is 0.0511. The highest BCUT2D eigenvalue weighted by Gasteiger charge is 2.43. The molecule has 0 radical (unpaired) electrons. The van der Waals surface area contributed by atoms with Crippen molar-refractivity contribution in [1.82, 2.24) is 5.32 Å². The van der Waals surface area contributed by atoms with Crippen molar-refractivity contribution in [3.8, 4) is 0 Å². The molecule has 1 heterocycles. The molecule has 0 spiro atoms. The first-order valence-corrected chi connectivity index (χ1v) is 7.52.